The fourth-order valence-corrected chi connectivity index (χ4v) is 1.71. The van der Waals surface area contributed by atoms with E-state index in [0.717, 1.165) is 25.9 Å². The van der Waals surface area contributed by atoms with Crippen molar-refractivity contribution in [1.82, 2.24) is 5.32 Å². The van der Waals surface area contributed by atoms with E-state index in [1.807, 2.05) is 0 Å². The lowest BCUT2D eigenvalue weighted by atomic mass is 10.0. The Hall–Kier alpha value is -1.14. The predicted molar refractivity (Wildman–Crippen MR) is 59.5 cm³/mol. The molecule has 1 heterocycles. The molecule has 0 aromatic carbocycles. The molecule has 0 aromatic rings. The van der Waals surface area contributed by atoms with Crippen molar-refractivity contribution in [1.29, 1.82) is 0 Å². The fourth-order valence-electron chi connectivity index (χ4n) is 1.71. The fraction of sp³-hybridized carbons (Fsp3) is 0.818. The van der Waals surface area contributed by atoms with Gasteiger partial charge in [-0.1, -0.05) is 0 Å². The summed E-state index contributed by atoms with van der Waals surface area (Å²) in [6, 6.07) is 0. The molecular weight excluding hydrogens is 226 g/mol. The van der Waals surface area contributed by atoms with Crippen LogP contribution in [0.25, 0.3) is 0 Å². The second-order valence-electron chi connectivity index (χ2n) is 4.19. The highest BCUT2D eigenvalue weighted by molar-refractivity contribution is 5.77. The molecule has 1 rings (SSSR count). The number of hydrogen-bond donors (Lipinski definition) is 3. The Morgan fingerprint density at radius 1 is 1.41 bits per heavy atom. The molecule has 2 unspecified atom stereocenters. The molecular formula is C11H19NO5. The van der Waals surface area contributed by atoms with Crippen molar-refractivity contribution < 1.29 is 24.5 Å². The molecule has 6 heteroatoms. The summed E-state index contributed by atoms with van der Waals surface area (Å²) in [4.78, 5) is 21.6. The number of aliphatic carboxylic acids is 1. The van der Waals surface area contributed by atoms with Gasteiger partial charge in [0.1, 0.15) is 0 Å². The highest BCUT2D eigenvalue weighted by Gasteiger charge is 2.17. The largest absolute Gasteiger partial charge is 0.479 e. The van der Waals surface area contributed by atoms with Crippen molar-refractivity contribution in [2.45, 2.75) is 44.3 Å². The van der Waals surface area contributed by atoms with E-state index in [-0.39, 0.29) is 18.6 Å². The molecule has 0 bridgehead atoms. The summed E-state index contributed by atoms with van der Waals surface area (Å²) in [5, 5.41) is 19.7. The number of carboxylic acid groups (broad SMARTS) is 1. The Kier molecular flexibility index (Phi) is 5.93. The van der Waals surface area contributed by atoms with Gasteiger partial charge in [-0.15, -0.1) is 0 Å². The van der Waals surface area contributed by atoms with Crippen LogP contribution in [0, 0.1) is 0 Å². The van der Waals surface area contributed by atoms with Crippen molar-refractivity contribution in [2.24, 2.45) is 0 Å². The Balaban J connectivity index is 2.10. The van der Waals surface area contributed by atoms with Crippen LogP contribution >= 0.6 is 0 Å². The monoisotopic (exact) mass is 245 g/mol. The lowest BCUT2D eigenvalue weighted by molar-refractivity contribution is -0.146. The van der Waals surface area contributed by atoms with Crippen molar-refractivity contribution >= 4 is 11.9 Å². The number of carbonyl (C=O) groups is 2. The molecule has 1 amide bonds. The first kappa shape index (κ1) is 13.9. The van der Waals surface area contributed by atoms with E-state index >= 15 is 0 Å². The third kappa shape index (κ3) is 5.65. The molecule has 3 N–H and O–H groups in total. The second kappa shape index (κ2) is 7.24. The van der Waals surface area contributed by atoms with E-state index in [2.05, 4.69) is 5.32 Å². The molecule has 0 saturated carbocycles. The van der Waals surface area contributed by atoms with Gasteiger partial charge in [0.15, 0.2) is 6.10 Å². The number of aliphatic hydroxyl groups is 1. The SMILES string of the molecule is O=C(CCC1CCCCO1)NCC(O)C(=O)O. The van der Waals surface area contributed by atoms with Crippen LogP contribution in [0.1, 0.15) is 32.1 Å². The zero-order valence-electron chi connectivity index (χ0n) is 9.72. The third-order valence-corrected chi connectivity index (χ3v) is 2.75. The van der Waals surface area contributed by atoms with E-state index < -0.39 is 12.1 Å². The van der Waals surface area contributed by atoms with Crippen LogP contribution in [0.15, 0.2) is 0 Å². The lowest BCUT2D eigenvalue weighted by Gasteiger charge is -2.22. The molecule has 0 radical (unpaired) electrons. The molecule has 98 valence electrons. The summed E-state index contributed by atoms with van der Waals surface area (Å²) in [6.45, 7) is 0.504. The summed E-state index contributed by atoms with van der Waals surface area (Å²) >= 11 is 0. The number of amides is 1. The van der Waals surface area contributed by atoms with Crippen LogP contribution in [-0.4, -0.2) is 47.4 Å². The van der Waals surface area contributed by atoms with Gasteiger partial charge < -0.3 is 20.3 Å². The van der Waals surface area contributed by atoms with E-state index in [1.54, 1.807) is 0 Å². The average molecular weight is 245 g/mol. The Labute approximate surface area is 100.0 Å². The van der Waals surface area contributed by atoms with Crippen molar-refractivity contribution in [3.05, 3.63) is 0 Å². The summed E-state index contributed by atoms with van der Waals surface area (Å²) in [6.07, 6.45) is 2.73. The van der Waals surface area contributed by atoms with Gasteiger partial charge >= 0.3 is 5.97 Å². The Morgan fingerprint density at radius 2 is 2.18 bits per heavy atom. The minimum absolute atomic E-state index is 0.138. The van der Waals surface area contributed by atoms with Gasteiger partial charge in [0.2, 0.25) is 5.91 Å². The van der Waals surface area contributed by atoms with Crippen LogP contribution in [0.5, 0.6) is 0 Å². The number of rotatable bonds is 6. The molecule has 6 nitrogen and oxygen atoms in total. The van der Waals surface area contributed by atoms with Gasteiger partial charge in [-0.3, -0.25) is 4.79 Å². The molecule has 0 aromatic heterocycles. The van der Waals surface area contributed by atoms with Crippen LogP contribution in [0.4, 0.5) is 0 Å². The second-order valence-corrected chi connectivity index (χ2v) is 4.19. The topological polar surface area (TPSA) is 95.9 Å². The first-order chi connectivity index (χ1) is 8.09. The maximum absolute atomic E-state index is 11.3. The minimum Gasteiger partial charge on any atom is -0.479 e. The summed E-state index contributed by atoms with van der Waals surface area (Å²) < 4.78 is 5.47. The first-order valence-corrected chi connectivity index (χ1v) is 5.88. The standard InChI is InChI=1S/C11H19NO5/c13-9(11(15)16)7-12-10(14)5-4-8-3-1-2-6-17-8/h8-9,13H,1-7H2,(H,12,14)(H,15,16). The van der Waals surface area contributed by atoms with Crippen molar-refractivity contribution in [3.8, 4) is 0 Å². The number of nitrogens with one attached hydrogen (secondary N) is 1. The predicted octanol–water partition coefficient (Wildman–Crippen LogP) is -0.103. The molecule has 1 fully saturated rings. The molecule has 17 heavy (non-hydrogen) atoms. The Morgan fingerprint density at radius 3 is 2.76 bits per heavy atom. The normalized spacial score (nSPS) is 21.8. The number of hydrogen-bond acceptors (Lipinski definition) is 4. The van der Waals surface area contributed by atoms with Gasteiger partial charge in [0.25, 0.3) is 0 Å². The summed E-state index contributed by atoms with van der Waals surface area (Å²) in [7, 11) is 0. The van der Waals surface area contributed by atoms with Crippen molar-refractivity contribution in [2.75, 3.05) is 13.2 Å². The minimum atomic E-state index is -1.54. The summed E-state index contributed by atoms with van der Waals surface area (Å²) in [5.41, 5.74) is 0. The maximum atomic E-state index is 11.3. The van der Waals surface area contributed by atoms with Crippen LogP contribution in [0.3, 0.4) is 0 Å². The zero-order valence-corrected chi connectivity index (χ0v) is 9.72. The maximum Gasteiger partial charge on any atom is 0.334 e. The van der Waals surface area contributed by atoms with E-state index in [1.165, 1.54) is 0 Å². The summed E-state index contributed by atoms with van der Waals surface area (Å²) in [5.74, 6) is -1.58. The number of ether oxygens (including phenoxy) is 1. The van der Waals surface area contributed by atoms with Gasteiger partial charge in [0, 0.05) is 13.0 Å². The van der Waals surface area contributed by atoms with E-state index in [0.29, 0.717) is 12.8 Å². The molecule has 1 aliphatic rings. The zero-order chi connectivity index (χ0) is 12.7. The number of aliphatic hydroxyl groups excluding tert-OH is 1. The molecule has 2 atom stereocenters. The van der Waals surface area contributed by atoms with Gasteiger partial charge in [-0.05, 0) is 25.7 Å². The highest BCUT2D eigenvalue weighted by Crippen LogP contribution is 2.16. The van der Waals surface area contributed by atoms with Gasteiger partial charge in [-0.25, -0.2) is 4.79 Å². The Bertz CT molecular complexity index is 263. The number of carbonyl (C=O) groups excluding carboxylic acids is 1. The molecule has 0 aliphatic carbocycles. The molecule has 1 saturated heterocycles. The van der Waals surface area contributed by atoms with Crippen LogP contribution in [0.2, 0.25) is 0 Å². The third-order valence-electron chi connectivity index (χ3n) is 2.75. The smallest absolute Gasteiger partial charge is 0.334 e. The quantitative estimate of drug-likeness (QED) is 0.607. The molecule has 1 aliphatic heterocycles. The lowest BCUT2D eigenvalue weighted by Crippen LogP contribution is -2.36. The highest BCUT2D eigenvalue weighted by atomic mass is 16.5. The van der Waals surface area contributed by atoms with Gasteiger partial charge in [0.05, 0.1) is 12.6 Å². The van der Waals surface area contributed by atoms with Crippen LogP contribution < -0.4 is 5.32 Å². The van der Waals surface area contributed by atoms with Gasteiger partial charge in [-0.2, -0.15) is 0 Å². The van der Waals surface area contributed by atoms with E-state index in [4.69, 9.17) is 14.9 Å². The number of carboxylic acids is 1. The molecule has 0 spiro atoms. The average Bonchev–Trinajstić information content (AvgIpc) is 2.34. The van der Waals surface area contributed by atoms with Crippen molar-refractivity contribution in [3.63, 3.8) is 0 Å². The first-order valence-electron chi connectivity index (χ1n) is 5.88. The van der Waals surface area contributed by atoms with Crippen LogP contribution in [-0.2, 0) is 14.3 Å². The van der Waals surface area contributed by atoms with E-state index in [9.17, 15) is 9.59 Å².